The molecule has 3 aromatic rings. The summed E-state index contributed by atoms with van der Waals surface area (Å²) in [5.74, 6) is -2.37. The Hall–Kier alpha value is -2.77. The zero-order chi connectivity index (χ0) is 25.5. The Kier molecular flexibility index (Phi) is 9.40. The average molecular weight is 554 g/mol. The van der Waals surface area contributed by atoms with Gasteiger partial charge >= 0.3 is 5.97 Å². The van der Waals surface area contributed by atoms with E-state index in [1.54, 1.807) is 48.5 Å². The smallest absolute Gasteiger partial charge is 0.339 e. The van der Waals surface area contributed by atoms with E-state index in [1.807, 2.05) is 0 Å². The minimum Gasteiger partial charge on any atom is -0.478 e. The molecular weight excluding hydrogens is 534 g/mol. The van der Waals surface area contributed by atoms with Gasteiger partial charge in [-0.1, -0.05) is 65.7 Å². The maximum absolute atomic E-state index is 12.6. The van der Waals surface area contributed by atoms with E-state index in [-0.39, 0.29) is 29.8 Å². The number of carbonyl (C=O) groups is 3. The Morgan fingerprint density at radius 1 is 0.686 bits per heavy atom. The largest absolute Gasteiger partial charge is 0.478 e. The van der Waals surface area contributed by atoms with Crippen LogP contribution in [0.4, 0.5) is 11.4 Å². The van der Waals surface area contributed by atoms with Gasteiger partial charge in [0.25, 0.3) is 0 Å². The van der Waals surface area contributed by atoms with Gasteiger partial charge in [0.05, 0.1) is 22.1 Å². The number of nitrogens with one attached hydrogen (secondary N) is 2. The molecule has 10 heteroatoms. The number of benzene rings is 3. The molecule has 0 radical (unpaired) electrons. The zero-order valence-electron chi connectivity index (χ0n) is 18.1. The number of rotatable bonds is 9. The maximum Gasteiger partial charge on any atom is 0.339 e. The first-order chi connectivity index (χ1) is 16.7. The van der Waals surface area contributed by atoms with Gasteiger partial charge in [-0.15, -0.1) is 23.2 Å². The molecule has 0 aliphatic rings. The highest BCUT2D eigenvalue weighted by Crippen LogP contribution is 2.33. The van der Waals surface area contributed by atoms with Crippen LogP contribution in [-0.4, -0.2) is 22.9 Å². The molecule has 3 N–H and O–H groups in total. The van der Waals surface area contributed by atoms with E-state index in [4.69, 9.17) is 46.4 Å². The molecule has 0 saturated heterocycles. The molecule has 0 heterocycles. The molecule has 0 aromatic heterocycles. The lowest BCUT2D eigenvalue weighted by atomic mass is 10.1. The van der Waals surface area contributed by atoms with Crippen molar-refractivity contribution in [3.8, 4) is 0 Å². The topological polar surface area (TPSA) is 95.5 Å². The summed E-state index contributed by atoms with van der Waals surface area (Å²) in [5, 5.41) is 14.3. The Labute approximate surface area is 222 Å². The second-order valence-corrected chi connectivity index (χ2v) is 9.38. The van der Waals surface area contributed by atoms with E-state index in [0.717, 1.165) is 0 Å². The standard InChI is InChI=1S/C25H20Cl4N2O4/c26-16-8-3-1-6-14(16)18(28)12-22(32)30-20-10-5-11-21(24(20)25(34)35)31-23(33)13-19(29)15-7-2-4-9-17(15)27/h1-11,18-19H,12-13H2,(H,30,32)(H,31,33)(H,34,35). The summed E-state index contributed by atoms with van der Waals surface area (Å²) < 4.78 is 0. The minimum atomic E-state index is -1.33. The van der Waals surface area contributed by atoms with Crippen LogP contribution in [0, 0.1) is 0 Å². The van der Waals surface area contributed by atoms with Crippen molar-refractivity contribution in [1.29, 1.82) is 0 Å². The normalized spacial score (nSPS) is 12.5. The van der Waals surface area contributed by atoms with Crippen LogP contribution in [0.25, 0.3) is 0 Å². The van der Waals surface area contributed by atoms with Gasteiger partial charge in [0, 0.05) is 22.9 Å². The van der Waals surface area contributed by atoms with E-state index in [1.165, 1.54) is 18.2 Å². The third-order valence-corrected chi connectivity index (χ3v) is 6.51. The van der Waals surface area contributed by atoms with Crippen LogP contribution in [0.3, 0.4) is 0 Å². The molecule has 3 rings (SSSR count). The molecule has 35 heavy (non-hydrogen) atoms. The highest BCUT2D eigenvalue weighted by molar-refractivity contribution is 6.33. The number of hydrogen-bond acceptors (Lipinski definition) is 3. The number of carboxylic acids is 1. The van der Waals surface area contributed by atoms with Crippen molar-refractivity contribution < 1.29 is 19.5 Å². The van der Waals surface area contributed by atoms with E-state index in [2.05, 4.69) is 10.6 Å². The molecule has 0 aliphatic carbocycles. The first-order valence-electron chi connectivity index (χ1n) is 10.4. The summed E-state index contributed by atoms with van der Waals surface area (Å²) in [4.78, 5) is 37.2. The van der Waals surface area contributed by atoms with E-state index in [0.29, 0.717) is 21.2 Å². The Morgan fingerprint density at radius 2 is 1.09 bits per heavy atom. The van der Waals surface area contributed by atoms with Crippen LogP contribution in [0.5, 0.6) is 0 Å². The maximum atomic E-state index is 12.6. The van der Waals surface area contributed by atoms with Crippen molar-refractivity contribution in [3.63, 3.8) is 0 Å². The fourth-order valence-corrected chi connectivity index (χ4v) is 4.70. The van der Waals surface area contributed by atoms with Crippen LogP contribution in [0.1, 0.15) is 45.1 Å². The predicted molar refractivity (Wildman–Crippen MR) is 140 cm³/mol. The number of anilines is 2. The Bertz CT molecular complexity index is 1170. The van der Waals surface area contributed by atoms with Crippen LogP contribution >= 0.6 is 46.4 Å². The van der Waals surface area contributed by atoms with Crippen molar-refractivity contribution in [2.45, 2.75) is 23.6 Å². The Morgan fingerprint density at radius 3 is 1.46 bits per heavy atom. The molecule has 0 fully saturated rings. The van der Waals surface area contributed by atoms with Gasteiger partial charge in [-0.3, -0.25) is 9.59 Å². The predicted octanol–water partition coefficient (Wildman–Crippen LogP) is 7.31. The highest BCUT2D eigenvalue weighted by Gasteiger charge is 2.22. The number of aromatic carboxylic acids is 1. The fraction of sp³-hybridized carbons (Fsp3) is 0.160. The van der Waals surface area contributed by atoms with Crippen molar-refractivity contribution >= 4 is 75.6 Å². The quantitative estimate of drug-likeness (QED) is 0.242. The van der Waals surface area contributed by atoms with E-state index >= 15 is 0 Å². The summed E-state index contributed by atoms with van der Waals surface area (Å²) >= 11 is 25.0. The lowest BCUT2D eigenvalue weighted by molar-refractivity contribution is -0.117. The van der Waals surface area contributed by atoms with Gasteiger partial charge < -0.3 is 15.7 Å². The molecule has 6 nitrogen and oxygen atoms in total. The summed E-state index contributed by atoms with van der Waals surface area (Å²) in [7, 11) is 0. The number of carbonyl (C=O) groups excluding carboxylic acids is 2. The number of halogens is 4. The van der Waals surface area contributed by atoms with Gasteiger partial charge in [0.1, 0.15) is 5.56 Å². The Balaban J connectivity index is 1.73. The zero-order valence-corrected chi connectivity index (χ0v) is 21.1. The molecule has 3 aromatic carbocycles. The molecule has 2 atom stereocenters. The number of alkyl halides is 2. The average Bonchev–Trinajstić information content (AvgIpc) is 2.79. The van der Waals surface area contributed by atoms with Crippen LogP contribution < -0.4 is 10.6 Å². The first-order valence-corrected chi connectivity index (χ1v) is 12.0. The molecular formula is C25H20Cl4N2O4. The van der Waals surface area contributed by atoms with Crippen LogP contribution in [-0.2, 0) is 9.59 Å². The van der Waals surface area contributed by atoms with Crippen molar-refractivity contribution in [2.24, 2.45) is 0 Å². The molecule has 2 unspecified atom stereocenters. The fourth-order valence-electron chi connectivity index (χ4n) is 3.40. The summed E-state index contributed by atoms with van der Waals surface area (Å²) in [6.45, 7) is 0. The number of hydrogen-bond donors (Lipinski definition) is 3. The first kappa shape index (κ1) is 26.8. The third-order valence-electron chi connectivity index (χ3n) is 5.04. The molecule has 2 amide bonds. The lowest BCUT2D eigenvalue weighted by Crippen LogP contribution is -2.19. The monoisotopic (exact) mass is 552 g/mol. The number of carboxylic acid groups (broad SMARTS) is 1. The van der Waals surface area contributed by atoms with Crippen molar-refractivity contribution in [2.75, 3.05) is 10.6 Å². The van der Waals surface area contributed by atoms with E-state index < -0.39 is 28.5 Å². The van der Waals surface area contributed by atoms with Gasteiger partial charge in [-0.05, 0) is 35.4 Å². The molecule has 0 aliphatic heterocycles. The second-order valence-electron chi connectivity index (χ2n) is 7.52. The highest BCUT2D eigenvalue weighted by atomic mass is 35.5. The lowest BCUT2D eigenvalue weighted by Gasteiger charge is -2.16. The van der Waals surface area contributed by atoms with Crippen LogP contribution in [0.15, 0.2) is 66.7 Å². The molecule has 0 bridgehead atoms. The van der Waals surface area contributed by atoms with Gasteiger partial charge in [0.2, 0.25) is 11.8 Å². The summed E-state index contributed by atoms with van der Waals surface area (Å²) in [6.07, 6.45) is -0.292. The third kappa shape index (κ3) is 7.12. The molecule has 0 spiro atoms. The van der Waals surface area contributed by atoms with Gasteiger partial charge in [-0.25, -0.2) is 4.79 Å². The second kappa shape index (κ2) is 12.3. The summed E-state index contributed by atoms with van der Waals surface area (Å²) in [5.41, 5.74) is 0.912. The summed E-state index contributed by atoms with van der Waals surface area (Å²) in [6, 6.07) is 18.1. The van der Waals surface area contributed by atoms with Gasteiger partial charge in [-0.2, -0.15) is 0 Å². The van der Waals surface area contributed by atoms with Gasteiger partial charge in [0.15, 0.2) is 0 Å². The minimum absolute atomic E-state index is 0.0110. The van der Waals surface area contributed by atoms with Crippen molar-refractivity contribution in [1.82, 2.24) is 0 Å². The molecule has 0 saturated carbocycles. The van der Waals surface area contributed by atoms with E-state index in [9.17, 15) is 19.5 Å². The molecule has 182 valence electrons. The SMILES string of the molecule is O=C(CC(Cl)c1ccccc1Cl)Nc1cccc(NC(=O)CC(Cl)c2ccccc2Cl)c1C(=O)O. The number of amides is 2. The van der Waals surface area contributed by atoms with Crippen LogP contribution in [0.2, 0.25) is 10.0 Å². The van der Waals surface area contributed by atoms with Crippen molar-refractivity contribution in [3.05, 3.63) is 93.5 Å².